The lowest BCUT2D eigenvalue weighted by molar-refractivity contribution is 0.325. The molecule has 0 saturated heterocycles. The van der Waals surface area contributed by atoms with Gasteiger partial charge in [-0.05, 0) is 50.6 Å². The van der Waals surface area contributed by atoms with E-state index in [4.69, 9.17) is 21.1 Å². The van der Waals surface area contributed by atoms with Crippen molar-refractivity contribution >= 4 is 11.6 Å². The maximum absolute atomic E-state index is 6.29. The number of allylic oxidation sites excluding steroid dienone is 1. The highest BCUT2D eigenvalue weighted by molar-refractivity contribution is 6.32. The average Bonchev–Trinajstić information content (AvgIpc) is 2.40. The summed E-state index contributed by atoms with van der Waals surface area (Å²) in [6.45, 7) is 8.46. The summed E-state index contributed by atoms with van der Waals surface area (Å²) in [5.74, 6) is 1.28. The second-order valence-electron chi connectivity index (χ2n) is 4.88. The first-order chi connectivity index (χ1) is 9.58. The topological polar surface area (TPSA) is 30.5 Å². The number of methoxy groups -OCH3 is 1. The first-order valence-corrected chi connectivity index (χ1v) is 7.29. The smallest absolute Gasteiger partial charge is 0.180 e. The van der Waals surface area contributed by atoms with Crippen LogP contribution in [-0.2, 0) is 6.54 Å². The minimum absolute atomic E-state index is 0.492. The standard InChI is InChI=1S/C16H24ClNO2/c1-5-7-18-11-13-9-14(17)16(15(10-13)19-4)20-8-6-12(2)3/h6,9-10,18H,5,7-8,11H2,1-4H3. The molecule has 3 nitrogen and oxygen atoms in total. The van der Waals surface area contributed by atoms with Gasteiger partial charge in [-0.1, -0.05) is 24.1 Å². The Morgan fingerprint density at radius 2 is 2.10 bits per heavy atom. The highest BCUT2D eigenvalue weighted by atomic mass is 35.5. The van der Waals surface area contributed by atoms with Crippen molar-refractivity contribution in [3.63, 3.8) is 0 Å². The fourth-order valence-corrected chi connectivity index (χ4v) is 2.00. The minimum atomic E-state index is 0.492. The number of hydrogen-bond donors (Lipinski definition) is 1. The first-order valence-electron chi connectivity index (χ1n) is 6.91. The van der Waals surface area contributed by atoms with Gasteiger partial charge in [-0.3, -0.25) is 0 Å². The van der Waals surface area contributed by atoms with Crippen molar-refractivity contribution in [2.24, 2.45) is 0 Å². The van der Waals surface area contributed by atoms with Crippen LogP contribution in [0.4, 0.5) is 0 Å². The third-order valence-corrected chi connectivity index (χ3v) is 3.05. The zero-order valence-corrected chi connectivity index (χ0v) is 13.5. The normalized spacial score (nSPS) is 10.2. The third-order valence-electron chi connectivity index (χ3n) is 2.76. The number of nitrogens with one attached hydrogen (secondary N) is 1. The van der Waals surface area contributed by atoms with Crippen LogP contribution in [0.15, 0.2) is 23.8 Å². The van der Waals surface area contributed by atoms with Crippen LogP contribution >= 0.6 is 11.6 Å². The maximum atomic E-state index is 6.29. The van der Waals surface area contributed by atoms with E-state index in [9.17, 15) is 0 Å². The summed E-state index contributed by atoms with van der Waals surface area (Å²) in [6.07, 6.45) is 3.11. The van der Waals surface area contributed by atoms with E-state index < -0.39 is 0 Å². The molecule has 0 heterocycles. The molecular formula is C16H24ClNO2. The Morgan fingerprint density at radius 3 is 2.70 bits per heavy atom. The summed E-state index contributed by atoms with van der Waals surface area (Å²) in [4.78, 5) is 0. The van der Waals surface area contributed by atoms with Gasteiger partial charge < -0.3 is 14.8 Å². The van der Waals surface area contributed by atoms with E-state index in [2.05, 4.69) is 12.2 Å². The fraction of sp³-hybridized carbons (Fsp3) is 0.500. The molecule has 0 fully saturated rings. The fourth-order valence-electron chi connectivity index (χ4n) is 1.72. The van der Waals surface area contributed by atoms with E-state index >= 15 is 0 Å². The molecule has 0 unspecified atom stereocenters. The molecule has 0 aliphatic rings. The molecule has 0 aliphatic heterocycles. The molecular weight excluding hydrogens is 274 g/mol. The zero-order chi connectivity index (χ0) is 15.0. The lowest BCUT2D eigenvalue weighted by Crippen LogP contribution is -2.14. The Bertz CT molecular complexity index is 454. The zero-order valence-electron chi connectivity index (χ0n) is 12.8. The van der Waals surface area contributed by atoms with Crippen molar-refractivity contribution in [3.05, 3.63) is 34.4 Å². The SMILES string of the molecule is CCCNCc1cc(Cl)c(OCC=C(C)C)c(OC)c1. The van der Waals surface area contributed by atoms with Crippen LogP contribution in [0.5, 0.6) is 11.5 Å². The van der Waals surface area contributed by atoms with E-state index in [1.807, 2.05) is 32.1 Å². The Labute approximate surface area is 126 Å². The van der Waals surface area contributed by atoms with E-state index in [0.717, 1.165) is 25.1 Å². The lowest BCUT2D eigenvalue weighted by atomic mass is 10.2. The van der Waals surface area contributed by atoms with Crippen molar-refractivity contribution in [2.75, 3.05) is 20.3 Å². The van der Waals surface area contributed by atoms with Crippen molar-refractivity contribution in [1.29, 1.82) is 0 Å². The average molecular weight is 298 g/mol. The molecule has 1 aromatic rings. The molecule has 0 atom stereocenters. The van der Waals surface area contributed by atoms with Crippen LogP contribution in [0.25, 0.3) is 0 Å². The second-order valence-corrected chi connectivity index (χ2v) is 5.29. The van der Waals surface area contributed by atoms with Gasteiger partial charge in [0.05, 0.1) is 12.1 Å². The predicted molar refractivity (Wildman–Crippen MR) is 84.9 cm³/mol. The number of hydrogen-bond acceptors (Lipinski definition) is 3. The van der Waals surface area contributed by atoms with Crippen LogP contribution < -0.4 is 14.8 Å². The van der Waals surface area contributed by atoms with E-state index in [1.54, 1.807) is 7.11 Å². The van der Waals surface area contributed by atoms with Gasteiger partial charge in [-0.15, -0.1) is 0 Å². The minimum Gasteiger partial charge on any atom is -0.493 e. The van der Waals surface area contributed by atoms with Crippen LogP contribution in [0.1, 0.15) is 32.8 Å². The van der Waals surface area contributed by atoms with Gasteiger partial charge in [0, 0.05) is 6.54 Å². The van der Waals surface area contributed by atoms with Crippen molar-refractivity contribution in [3.8, 4) is 11.5 Å². The summed E-state index contributed by atoms with van der Waals surface area (Å²) in [7, 11) is 1.63. The van der Waals surface area contributed by atoms with Crippen molar-refractivity contribution < 1.29 is 9.47 Å². The molecule has 1 aromatic carbocycles. The summed E-state index contributed by atoms with van der Waals surface area (Å²) in [5, 5.41) is 3.93. The van der Waals surface area contributed by atoms with Gasteiger partial charge in [-0.2, -0.15) is 0 Å². The number of benzene rings is 1. The quantitative estimate of drug-likeness (QED) is 0.576. The Morgan fingerprint density at radius 1 is 1.35 bits per heavy atom. The van der Waals surface area contributed by atoms with Crippen molar-refractivity contribution in [1.82, 2.24) is 5.32 Å². The third kappa shape index (κ3) is 5.43. The Kier molecular flexibility index (Phi) is 7.48. The van der Waals surface area contributed by atoms with Crippen LogP contribution in [0.3, 0.4) is 0 Å². The van der Waals surface area contributed by atoms with E-state index in [0.29, 0.717) is 23.1 Å². The van der Waals surface area contributed by atoms with Crippen LogP contribution in [0, 0.1) is 0 Å². The summed E-state index contributed by atoms with van der Waals surface area (Å²) >= 11 is 6.29. The predicted octanol–water partition coefficient (Wildman–Crippen LogP) is 4.19. The Hall–Kier alpha value is -1.19. The molecule has 1 rings (SSSR count). The van der Waals surface area contributed by atoms with Crippen LogP contribution in [0.2, 0.25) is 5.02 Å². The van der Waals surface area contributed by atoms with Gasteiger partial charge in [-0.25, -0.2) is 0 Å². The molecule has 0 aliphatic carbocycles. The molecule has 20 heavy (non-hydrogen) atoms. The second kappa shape index (κ2) is 8.88. The summed E-state index contributed by atoms with van der Waals surface area (Å²) in [6, 6.07) is 3.89. The molecule has 0 amide bonds. The van der Waals surface area contributed by atoms with E-state index in [-0.39, 0.29) is 0 Å². The molecule has 0 aromatic heterocycles. The Balaban J connectivity index is 2.81. The molecule has 0 spiro atoms. The highest BCUT2D eigenvalue weighted by Crippen LogP contribution is 2.36. The molecule has 0 radical (unpaired) electrons. The highest BCUT2D eigenvalue weighted by Gasteiger charge is 2.11. The van der Waals surface area contributed by atoms with Gasteiger partial charge in [0.15, 0.2) is 11.5 Å². The molecule has 0 bridgehead atoms. The van der Waals surface area contributed by atoms with Gasteiger partial charge in [0.2, 0.25) is 0 Å². The molecule has 1 N–H and O–H groups in total. The number of rotatable bonds is 8. The van der Waals surface area contributed by atoms with Gasteiger partial charge >= 0.3 is 0 Å². The summed E-state index contributed by atoms with van der Waals surface area (Å²) in [5.41, 5.74) is 2.30. The monoisotopic (exact) mass is 297 g/mol. The van der Waals surface area contributed by atoms with Crippen LogP contribution in [-0.4, -0.2) is 20.3 Å². The lowest BCUT2D eigenvalue weighted by Gasteiger charge is -2.13. The number of ether oxygens (including phenoxy) is 2. The van der Waals surface area contributed by atoms with E-state index in [1.165, 1.54) is 5.57 Å². The largest absolute Gasteiger partial charge is 0.493 e. The maximum Gasteiger partial charge on any atom is 0.180 e. The van der Waals surface area contributed by atoms with Gasteiger partial charge in [0.1, 0.15) is 6.61 Å². The molecule has 0 saturated carbocycles. The van der Waals surface area contributed by atoms with Crippen molar-refractivity contribution in [2.45, 2.75) is 33.7 Å². The van der Waals surface area contributed by atoms with Gasteiger partial charge in [0.25, 0.3) is 0 Å². The molecule has 112 valence electrons. The summed E-state index contributed by atoms with van der Waals surface area (Å²) < 4.78 is 11.1. The molecule has 4 heteroatoms. The first kappa shape index (κ1) is 16.9. The number of halogens is 1.